The lowest BCUT2D eigenvalue weighted by atomic mass is 9.98. The molecule has 0 aromatic rings. The summed E-state index contributed by atoms with van der Waals surface area (Å²) in [6, 6.07) is 2.16. The molecule has 100 valence electrons. The second-order valence-electron chi connectivity index (χ2n) is 5.47. The molecule has 1 amide bonds. The van der Waals surface area contributed by atoms with Crippen LogP contribution in [-0.2, 0) is 4.79 Å². The second kappa shape index (κ2) is 4.84. The van der Waals surface area contributed by atoms with Gasteiger partial charge >= 0.3 is 0 Å². The quantitative estimate of drug-likeness (QED) is 0.587. The first-order chi connectivity index (χ1) is 8.44. The number of aliphatic hydroxyl groups excluding tert-OH is 2. The zero-order valence-electron chi connectivity index (χ0n) is 10.5. The molecule has 1 heterocycles. The number of amides is 1. The SMILES string of the molecule is CC(C#N)(NC(=O)CN1C[C@@H](O)[C@@H](O)C1)C1CC1. The maximum atomic E-state index is 11.9. The van der Waals surface area contributed by atoms with E-state index >= 15 is 0 Å². The van der Waals surface area contributed by atoms with E-state index in [1.807, 2.05) is 0 Å². The highest BCUT2D eigenvalue weighted by atomic mass is 16.3. The van der Waals surface area contributed by atoms with Crippen LogP contribution < -0.4 is 5.32 Å². The van der Waals surface area contributed by atoms with Gasteiger partial charge in [-0.15, -0.1) is 0 Å². The van der Waals surface area contributed by atoms with Crippen LogP contribution in [0.2, 0.25) is 0 Å². The van der Waals surface area contributed by atoms with Gasteiger partial charge in [0.15, 0.2) is 0 Å². The number of hydrogen-bond donors (Lipinski definition) is 3. The summed E-state index contributed by atoms with van der Waals surface area (Å²) in [6.07, 6.45) is 0.379. The van der Waals surface area contributed by atoms with Crippen LogP contribution >= 0.6 is 0 Å². The van der Waals surface area contributed by atoms with Gasteiger partial charge in [0.1, 0.15) is 5.54 Å². The van der Waals surface area contributed by atoms with Gasteiger partial charge in [0.2, 0.25) is 5.91 Å². The fraction of sp³-hybridized carbons (Fsp3) is 0.833. The van der Waals surface area contributed by atoms with Gasteiger partial charge in [0, 0.05) is 13.1 Å². The summed E-state index contributed by atoms with van der Waals surface area (Å²) in [5, 5.41) is 30.7. The molecular formula is C12H19N3O3. The highest BCUT2D eigenvalue weighted by Crippen LogP contribution is 2.39. The van der Waals surface area contributed by atoms with E-state index in [4.69, 9.17) is 5.26 Å². The molecule has 3 atom stereocenters. The third-order valence-electron chi connectivity index (χ3n) is 3.73. The van der Waals surface area contributed by atoms with E-state index in [2.05, 4.69) is 11.4 Å². The van der Waals surface area contributed by atoms with E-state index in [0.717, 1.165) is 12.8 Å². The molecule has 1 saturated heterocycles. The maximum absolute atomic E-state index is 11.9. The predicted octanol–water partition coefficient (Wildman–Crippen LogP) is -1.17. The summed E-state index contributed by atoms with van der Waals surface area (Å²) in [5.41, 5.74) is -0.784. The number of β-amino-alcohol motifs (C(OH)–C–C–N with tert-alkyl or cyclic N) is 2. The Kier molecular flexibility index (Phi) is 3.57. The first-order valence-corrected chi connectivity index (χ1v) is 6.25. The van der Waals surface area contributed by atoms with Crippen LogP contribution in [0, 0.1) is 17.2 Å². The number of nitrogens with zero attached hydrogens (tertiary/aromatic N) is 2. The fourth-order valence-electron chi connectivity index (χ4n) is 2.39. The monoisotopic (exact) mass is 253 g/mol. The van der Waals surface area contributed by atoms with Crippen LogP contribution in [0.1, 0.15) is 19.8 Å². The van der Waals surface area contributed by atoms with Crippen molar-refractivity contribution in [2.75, 3.05) is 19.6 Å². The van der Waals surface area contributed by atoms with Crippen LogP contribution in [0.5, 0.6) is 0 Å². The smallest absolute Gasteiger partial charge is 0.235 e. The standard InChI is InChI=1S/C12H19N3O3/c1-12(7-13,8-2-3-8)14-11(18)6-15-4-9(16)10(17)5-15/h8-10,16-17H,2-6H2,1H3,(H,14,18)/t9-,10+,12?. The third-order valence-corrected chi connectivity index (χ3v) is 3.73. The molecule has 18 heavy (non-hydrogen) atoms. The predicted molar refractivity (Wildman–Crippen MR) is 63.3 cm³/mol. The molecule has 2 rings (SSSR count). The lowest BCUT2D eigenvalue weighted by Crippen LogP contribution is -2.50. The molecule has 0 spiro atoms. The zero-order chi connectivity index (χ0) is 13.3. The number of carbonyl (C=O) groups is 1. The molecule has 1 aliphatic carbocycles. The van der Waals surface area contributed by atoms with E-state index in [1.54, 1.807) is 11.8 Å². The molecule has 3 N–H and O–H groups in total. The lowest BCUT2D eigenvalue weighted by Gasteiger charge is -2.24. The van der Waals surface area contributed by atoms with Gasteiger partial charge < -0.3 is 15.5 Å². The minimum atomic E-state index is -0.788. The average molecular weight is 253 g/mol. The second-order valence-corrected chi connectivity index (χ2v) is 5.47. The Morgan fingerprint density at radius 1 is 1.44 bits per heavy atom. The minimum Gasteiger partial charge on any atom is -0.389 e. The minimum absolute atomic E-state index is 0.109. The molecule has 0 aromatic carbocycles. The lowest BCUT2D eigenvalue weighted by molar-refractivity contribution is -0.123. The van der Waals surface area contributed by atoms with Crippen molar-refractivity contribution in [2.45, 2.75) is 37.5 Å². The van der Waals surface area contributed by atoms with Crippen molar-refractivity contribution >= 4 is 5.91 Å². The normalized spacial score (nSPS) is 31.7. The fourth-order valence-corrected chi connectivity index (χ4v) is 2.39. The summed E-state index contributed by atoms with van der Waals surface area (Å²) in [7, 11) is 0. The van der Waals surface area contributed by atoms with Crippen molar-refractivity contribution < 1.29 is 15.0 Å². The summed E-state index contributed by atoms with van der Waals surface area (Å²) < 4.78 is 0. The van der Waals surface area contributed by atoms with Crippen molar-refractivity contribution in [1.29, 1.82) is 5.26 Å². The molecule has 2 aliphatic rings. The Morgan fingerprint density at radius 3 is 2.44 bits per heavy atom. The van der Waals surface area contributed by atoms with E-state index in [9.17, 15) is 15.0 Å². The Hall–Kier alpha value is -1.16. The van der Waals surface area contributed by atoms with Gasteiger partial charge in [0.25, 0.3) is 0 Å². The van der Waals surface area contributed by atoms with Crippen LogP contribution in [0.15, 0.2) is 0 Å². The van der Waals surface area contributed by atoms with E-state index in [1.165, 1.54) is 0 Å². The molecule has 6 heteroatoms. The molecule has 6 nitrogen and oxygen atoms in total. The summed E-state index contributed by atoms with van der Waals surface area (Å²) in [4.78, 5) is 13.5. The molecule has 2 fully saturated rings. The Bertz CT molecular complexity index is 367. The maximum Gasteiger partial charge on any atom is 0.235 e. The highest BCUT2D eigenvalue weighted by Gasteiger charge is 2.43. The Balaban J connectivity index is 1.84. The number of hydrogen-bond acceptors (Lipinski definition) is 5. The Labute approximate surface area is 106 Å². The summed E-state index contributed by atoms with van der Waals surface area (Å²) >= 11 is 0. The first kappa shape index (κ1) is 13.3. The van der Waals surface area contributed by atoms with Gasteiger partial charge in [-0.3, -0.25) is 9.69 Å². The van der Waals surface area contributed by atoms with Crippen LogP contribution in [0.25, 0.3) is 0 Å². The number of aliphatic hydroxyl groups is 2. The molecule has 1 unspecified atom stereocenters. The van der Waals surface area contributed by atoms with Gasteiger partial charge in [0.05, 0.1) is 24.8 Å². The topological polar surface area (TPSA) is 96.6 Å². The van der Waals surface area contributed by atoms with E-state index in [-0.39, 0.29) is 18.4 Å². The van der Waals surface area contributed by atoms with Gasteiger partial charge in [-0.1, -0.05) is 0 Å². The molecule has 0 bridgehead atoms. The van der Waals surface area contributed by atoms with Gasteiger partial charge in [-0.2, -0.15) is 5.26 Å². The van der Waals surface area contributed by atoms with Crippen molar-refractivity contribution in [3.05, 3.63) is 0 Å². The van der Waals surface area contributed by atoms with Crippen LogP contribution in [-0.4, -0.2) is 58.4 Å². The number of likely N-dealkylation sites (tertiary alicyclic amines) is 1. The van der Waals surface area contributed by atoms with E-state index < -0.39 is 17.7 Å². The average Bonchev–Trinajstić information content (AvgIpc) is 3.08. The number of carbonyl (C=O) groups excluding carboxylic acids is 1. The molecule has 0 aromatic heterocycles. The largest absolute Gasteiger partial charge is 0.389 e. The van der Waals surface area contributed by atoms with Gasteiger partial charge in [-0.25, -0.2) is 0 Å². The molecule has 0 radical (unpaired) electrons. The van der Waals surface area contributed by atoms with Crippen LogP contribution in [0.4, 0.5) is 0 Å². The molecular weight excluding hydrogens is 234 g/mol. The Morgan fingerprint density at radius 2 is 2.00 bits per heavy atom. The summed E-state index contributed by atoms with van der Waals surface area (Å²) in [5.74, 6) is 0.0217. The van der Waals surface area contributed by atoms with Gasteiger partial charge in [-0.05, 0) is 25.7 Å². The highest BCUT2D eigenvalue weighted by molar-refractivity contribution is 5.79. The van der Waals surface area contributed by atoms with Crippen molar-refractivity contribution in [1.82, 2.24) is 10.2 Å². The van der Waals surface area contributed by atoms with E-state index in [0.29, 0.717) is 13.1 Å². The summed E-state index contributed by atoms with van der Waals surface area (Å²) in [6.45, 7) is 2.44. The number of nitriles is 1. The zero-order valence-corrected chi connectivity index (χ0v) is 10.5. The van der Waals surface area contributed by atoms with Crippen molar-refractivity contribution in [2.24, 2.45) is 5.92 Å². The first-order valence-electron chi connectivity index (χ1n) is 6.25. The number of nitrogens with one attached hydrogen (secondary N) is 1. The molecule has 1 aliphatic heterocycles. The number of rotatable bonds is 4. The molecule has 1 saturated carbocycles. The third kappa shape index (κ3) is 2.80. The van der Waals surface area contributed by atoms with Crippen molar-refractivity contribution in [3.63, 3.8) is 0 Å². The van der Waals surface area contributed by atoms with Crippen molar-refractivity contribution in [3.8, 4) is 6.07 Å². The van der Waals surface area contributed by atoms with Crippen LogP contribution in [0.3, 0.4) is 0 Å².